The van der Waals surface area contributed by atoms with Gasteiger partial charge in [-0.25, -0.2) is 4.39 Å². The topological polar surface area (TPSA) is 73.4 Å². The Hall–Kier alpha value is -2.37. The molecule has 1 aromatic heterocycles. The van der Waals surface area contributed by atoms with E-state index in [2.05, 4.69) is 4.98 Å². The maximum atomic E-state index is 13.7. The van der Waals surface area contributed by atoms with Gasteiger partial charge in [0.25, 0.3) is 5.91 Å². The fourth-order valence-corrected chi connectivity index (χ4v) is 2.91. The molecular weight excluding hydrogens is 275 g/mol. The van der Waals surface area contributed by atoms with Gasteiger partial charge in [0.2, 0.25) is 0 Å². The molecule has 1 aliphatic heterocycles. The Balaban J connectivity index is 1.89. The molecule has 1 aromatic carbocycles. The molecule has 0 saturated carbocycles. The molecule has 1 aliphatic rings. The zero-order valence-electron chi connectivity index (χ0n) is 11.3. The second-order valence-corrected chi connectivity index (χ2v) is 5.28. The van der Waals surface area contributed by atoms with Gasteiger partial charge < -0.3 is 15.0 Å². The molecule has 2 heterocycles. The first-order valence-electron chi connectivity index (χ1n) is 6.86. The molecule has 3 rings (SSSR count). The molecule has 0 aliphatic carbocycles. The molecule has 1 fully saturated rings. The van der Waals surface area contributed by atoms with E-state index in [-0.39, 0.29) is 24.2 Å². The normalized spacial score (nSPS) is 18.3. The molecule has 0 radical (unpaired) electrons. The number of benzene rings is 1. The summed E-state index contributed by atoms with van der Waals surface area (Å²) in [7, 11) is 0. The third-order valence-electron chi connectivity index (χ3n) is 3.89. The first kappa shape index (κ1) is 13.6. The lowest BCUT2D eigenvalue weighted by molar-refractivity contribution is -0.137. The molecule has 1 amide bonds. The number of nitrogens with zero attached hydrogens (tertiary/aromatic N) is 1. The Kier molecular flexibility index (Phi) is 3.37. The fraction of sp³-hybridized carbons (Fsp3) is 0.333. The largest absolute Gasteiger partial charge is 0.481 e. The van der Waals surface area contributed by atoms with Crippen LogP contribution in [0.5, 0.6) is 0 Å². The highest BCUT2D eigenvalue weighted by atomic mass is 19.1. The molecule has 5 nitrogen and oxygen atoms in total. The Morgan fingerprint density at radius 3 is 2.95 bits per heavy atom. The first-order valence-corrected chi connectivity index (χ1v) is 6.86. The van der Waals surface area contributed by atoms with Crippen molar-refractivity contribution >= 4 is 22.8 Å². The van der Waals surface area contributed by atoms with Gasteiger partial charge in [-0.2, -0.15) is 0 Å². The van der Waals surface area contributed by atoms with Gasteiger partial charge in [0.1, 0.15) is 11.5 Å². The van der Waals surface area contributed by atoms with E-state index in [1.54, 1.807) is 17.0 Å². The lowest BCUT2D eigenvalue weighted by Gasteiger charge is -2.22. The van der Waals surface area contributed by atoms with Crippen LogP contribution in [0, 0.1) is 5.82 Å². The van der Waals surface area contributed by atoms with Crippen LogP contribution in [0.15, 0.2) is 24.3 Å². The Morgan fingerprint density at radius 2 is 2.24 bits per heavy atom. The van der Waals surface area contributed by atoms with Crippen LogP contribution in [0.2, 0.25) is 0 Å². The van der Waals surface area contributed by atoms with Crippen molar-refractivity contribution < 1.29 is 19.1 Å². The predicted octanol–water partition coefficient (Wildman–Crippen LogP) is 2.39. The monoisotopic (exact) mass is 290 g/mol. The summed E-state index contributed by atoms with van der Waals surface area (Å²) >= 11 is 0. The van der Waals surface area contributed by atoms with Gasteiger partial charge in [-0.1, -0.05) is 6.07 Å². The molecular formula is C15H15FN2O3. The van der Waals surface area contributed by atoms with Crippen molar-refractivity contribution in [2.24, 2.45) is 0 Å². The van der Waals surface area contributed by atoms with Gasteiger partial charge in [0.15, 0.2) is 0 Å². The van der Waals surface area contributed by atoms with Crippen LogP contribution in [0.25, 0.3) is 10.9 Å². The number of amides is 1. The molecule has 1 atom stereocenters. The molecule has 0 spiro atoms. The third-order valence-corrected chi connectivity index (χ3v) is 3.89. The molecule has 1 unspecified atom stereocenters. The van der Waals surface area contributed by atoms with E-state index in [0.717, 1.165) is 6.42 Å². The standard InChI is InChI=1S/C15H15FN2O3/c16-11-4-1-5-12-10(11)8-13(17-12)15(21)18-6-2-3-9(18)7-14(19)20/h1,4-5,8-9,17H,2-3,6-7H2,(H,19,20). The van der Waals surface area contributed by atoms with E-state index >= 15 is 0 Å². The highest BCUT2D eigenvalue weighted by Gasteiger charge is 2.31. The Morgan fingerprint density at radius 1 is 1.43 bits per heavy atom. The van der Waals surface area contributed by atoms with Gasteiger partial charge in [-0.3, -0.25) is 9.59 Å². The number of nitrogens with one attached hydrogen (secondary N) is 1. The molecule has 21 heavy (non-hydrogen) atoms. The minimum absolute atomic E-state index is 0.0552. The number of likely N-dealkylation sites (tertiary alicyclic amines) is 1. The van der Waals surface area contributed by atoms with Crippen molar-refractivity contribution in [2.45, 2.75) is 25.3 Å². The van der Waals surface area contributed by atoms with Gasteiger partial charge in [0, 0.05) is 23.5 Å². The number of hydrogen-bond acceptors (Lipinski definition) is 2. The number of halogens is 1. The average molecular weight is 290 g/mol. The minimum Gasteiger partial charge on any atom is -0.481 e. The summed E-state index contributed by atoms with van der Waals surface area (Å²) in [5.41, 5.74) is 0.861. The highest BCUT2D eigenvalue weighted by molar-refractivity contribution is 5.98. The number of carboxylic acid groups (broad SMARTS) is 1. The van der Waals surface area contributed by atoms with Crippen molar-refractivity contribution in [2.75, 3.05) is 6.54 Å². The number of carbonyl (C=O) groups is 2. The second kappa shape index (κ2) is 5.20. The first-order chi connectivity index (χ1) is 10.1. The Bertz CT molecular complexity index is 710. The SMILES string of the molecule is O=C(O)CC1CCCN1C(=O)c1cc2c(F)cccc2[nH]1. The van der Waals surface area contributed by atoms with Crippen LogP contribution < -0.4 is 0 Å². The van der Waals surface area contributed by atoms with Crippen LogP contribution >= 0.6 is 0 Å². The number of aromatic nitrogens is 1. The maximum Gasteiger partial charge on any atom is 0.305 e. The van der Waals surface area contributed by atoms with Crippen molar-refractivity contribution in [3.8, 4) is 0 Å². The summed E-state index contributed by atoms with van der Waals surface area (Å²) in [6.45, 7) is 0.536. The number of hydrogen-bond donors (Lipinski definition) is 2. The smallest absolute Gasteiger partial charge is 0.305 e. The third kappa shape index (κ3) is 2.49. The van der Waals surface area contributed by atoms with Gasteiger partial charge in [-0.05, 0) is 31.0 Å². The van der Waals surface area contributed by atoms with E-state index < -0.39 is 5.97 Å². The van der Waals surface area contributed by atoms with Crippen molar-refractivity contribution in [1.29, 1.82) is 0 Å². The number of aromatic amines is 1. The van der Waals surface area contributed by atoms with Crippen molar-refractivity contribution in [3.63, 3.8) is 0 Å². The molecule has 110 valence electrons. The average Bonchev–Trinajstić information content (AvgIpc) is 3.04. The van der Waals surface area contributed by atoms with Crippen LogP contribution in [-0.4, -0.2) is 39.5 Å². The molecule has 6 heteroatoms. The minimum atomic E-state index is -0.914. The summed E-state index contributed by atoms with van der Waals surface area (Å²) in [4.78, 5) is 27.8. The highest BCUT2D eigenvalue weighted by Crippen LogP contribution is 2.25. The second-order valence-electron chi connectivity index (χ2n) is 5.28. The fourth-order valence-electron chi connectivity index (χ4n) is 2.91. The number of carbonyl (C=O) groups excluding carboxylic acids is 1. The van der Waals surface area contributed by atoms with E-state index in [1.807, 2.05) is 0 Å². The van der Waals surface area contributed by atoms with E-state index in [1.165, 1.54) is 12.1 Å². The molecule has 2 N–H and O–H groups in total. The number of aliphatic carboxylic acids is 1. The maximum absolute atomic E-state index is 13.7. The van der Waals surface area contributed by atoms with E-state index in [4.69, 9.17) is 5.11 Å². The molecule has 2 aromatic rings. The number of rotatable bonds is 3. The van der Waals surface area contributed by atoms with E-state index in [9.17, 15) is 14.0 Å². The van der Waals surface area contributed by atoms with Crippen LogP contribution in [0.3, 0.4) is 0 Å². The van der Waals surface area contributed by atoms with Gasteiger partial charge in [0.05, 0.1) is 6.42 Å². The number of H-pyrrole nitrogens is 1. The zero-order valence-corrected chi connectivity index (χ0v) is 11.3. The summed E-state index contributed by atoms with van der Waals surface area (Å²) in [5.74, 6) is -1.57. The van der Waals surface area contributed by atoms with Crippen molar-refractivity contribution in [1.82, 2.24) is 9.88 Å². The summed E-state index contributed by atoms with van der Waals surface area (Å²) in [5, 5.41) is 9.27. The van der Waals surface area contributed by atoms with E-state index in [0.29, 0.717) is 29.6 Å². The van der Waals surface area contributed by atoms with Crippen molar-refractivity contribution in [3.05, 3.63) is 35.8 Å². The summed E-state index contributed by atoms with van der Waals surface area (Å²) in [6.07, 6.45) is 1.42. The van der Waals surface area contributed by atoms with Gasteiger partial charge in [-0.15, -0.1) is 0 Å². The number of fused-ring (bicyclic) bond motifs is 1. The Labute approximate surface area is 120 Å². The van der Waals surface area contributed by atoms with Crippen LogP contribution in [-0.2, 0) is 4.79 Å². The quantitative estimate of drug-likeness (QED) is 0.911. The van der Waals surface area contributed by atoms with Crippen LogP contribution in [0.1, 0.15) is 29.8 Å². The predicted molar refractivity (Wildman–Crippen MR) is 74.6 cm³/mol. The van der Waals surface area contributed by atoms with Crippen LogP contribution in [0.4, 0.5) is 4.39 Å². The number of carboxylic acids is 1. The zero-order chi connectivity index (χ0) is 15.0. The van der Waals surface area contributed by atoms with Gasteiger partial charge >= 0.3 is 5.97 Å². The molecule has 0 bridgehead atoms. The lowest BCUT2D eigenvalue weighted by atomic mass is 10.1. The summed E-state index contributed by atoms with van der Waals surface area (Å²) in [6, 6.07) is 5.82. The molecule has 1 saturated heterocycles. The summed E-state index contributed by atoms with van der Waals surface area (Å²) < 4.78 is 13.7. The lowest BCUT2D eigenvalue weighted by Crippen LogP contribution is -2.37.